The zero-order chi connectivity index (χ0) is 19.4. The van der Waals surface area contributed by atoms with Crippen LogP contribution in [0.4, 0.5) is 0 Å². The molecular formula is C19H25N5O3. The third-order valence-electron chi connectivity index (χ3n) is 4.82. The van der Waals surface area contributed by atoms with Gasteiger partial charge >= 0.3 is 0 Å². The molecular weight excluding hydrogens is 346 g/mol. The van der Waals surface area contributed by atoms with Crippen molar-refractivity contribution in [2.24, 2.45) is 5.92 Å². The summed E-state index contributed by atoms with van der Waals surface area (Å²) in [5, 5.41) is 12.8. The number of hydrogen-bond acceptors (Lipinski definition) is 7. The van der Waals surface area contributed by atoms with Gasteiger partial charge in [0.05, 0.1) is 12.6 Å². The van der Waals surface area contributed by atoms with Crippen molar-refractivity contribution in [1.29, 1.82) is 0 Å². The standard InChI is InChI=1S/C19H25N5O3/c1-12-9-24(13(2)10-25)19(26)16-4-14(15-5-21-11-22-6-15)7-23-18(16)27-17(12)8-20-3/h4-7,11-13,17,20,25H,8-10H2,1-3H3/t12-,13+,17-/m1/s1. The number of nitrogens with zero attached hydrogens (tertiary/aromatic N) is 4. The Balaban J connectivity index is 2.07. The molecule has 27 heavy (non-hydrogen) atoms. The van der Waals surface area contributed by atoms with E-state index >= 15 is 0 Å². The number of rotatable bonds is 5. The summed E-state index contributed by atoms with van der Waals surface area (Å²) in [5.41, 5.74) is 1.89. The normalized spacial score (nSPS) is 21.0. The van der Waals surface area contributed by atoms with E-state index in [9.17, 15) is 9.90 Å². The second-order valence-corrected chi connectivity index (χ2v) is 6.88. The van der Waals surface area contributed by atoms with E-state index in [1.54, 1.807) is 29.6 Å². The van der Waals surface area contributed by atoms with E-state index in [0.29, 0.717) is 24.5 Å². The van der Waals surface area contributed by atoms with Crippen molar-refractivity contribution in [3.8, 4) is 17.0 Å². The Morgan fingerprint density at radius 3 is 2.74 bits per heavy atom. The van der Waals surface area contributed by atoms with Crippen LogP contribution in [-0.2, 0) is 0 Å². The number of carbonyl (C=O) groups excluding carboxylic acids is 1. The fourth-order valence-corrected chi connectivity index (χ4v) is 3.15. The highest BCUT2D eigenvalue weighted by molar-refractivity contribution is 5.97. The quantitative estimate of drug-likeness (QED) is 0.808. The molecule has 0 spiro atoms. The first-order valence-electron chi connectivity index (χ1n) is 9.03. The largest absolute Gasteiger partial charge is 0.472 e. The number of aliphatic hydroxyl groups is 1. The molecule has 0 radical (unpaired) electrons. The van der Waals surface area contributed by atoms with Crippen molar-refractivity contribution in [2.75, 3.05) is 26.7 Å². The predicted molar refractivity (Wildman–Crippen MR) is 100 cm³/mol. The number of amides is 1. The number of likely N-dealkylation sites (N-methyl/N-ethyl adjacent to an activating group) is 1. The van der Waals surface area contributed by atoms with Gasteiger partial charge in [0.2, 0.25) is 5.88 Å². The minimum atomic E-state index is -0.301. The maximum atomic E-state index is 13.2. The van der Waals surface area contributed by atoms with Crippen molar-refractivity contribution < 1.29 is 14.6 Å². The highest BCUT2D eigenvalue weighted by Gasteiger charge is 2.33. The van der Waals surface area contributed by atoms with E-state index in [1.165, 1.54) is 6.33 Å². The van der Waals surface area contributed by atoms with Crippen LogP contribution < -0.4 is 10.1 Å². The Labute approximate surface area is 158 Å². The lowest BCUT2D eigenvalue weighted by Crippen LogP contribution is -2.49. The average molecular weight is 371 g/mol. The summed E-state index contributed by atoms with van der Waals surface area (Å²) in [4.78, 5) is 27.4. The zero-order valence-corrected chi connectivity index (χ0v) is 15.8. The minimum Gasteiger partial charge on any atom is -0.472 e. The molecule has 1 aliphatic heterocycles. The summed E-state index contributed by atoms with van der Waals surface area (Å²) in [6.45, 7) is 4.89. The molecule has 144 valence electrons. The first kappa shape index (κ1) is 19.2. The molecule has 0 saturated heterocycles. The van der Waals surface area contributed by atoms with Crippen LogP contribution in [0.3, 0.4) is 0 Å². The molecule has 0 aliphatic carbocycles. The molecule has 1 aliphatic rings. The van der Waals surface area contributed by atoms with Crippen LogP contribution in [0.15, 0.2) is 31.0 Å². The van der Waals surface area contributed by atoms with E-state index in [4.69, 9.17) is 4.74 Å². The second kappa shape index (κ2) is 8.41. The highest BCUT2D eigenvalue weighted by atomic mass is 16.5. The zero-order valence-electron chi connectivity index (χ0n) is 15.8. The van der Waals surface area contributed by atoms with Gasteiger partial charge in [-0.15, -0.1) is 0 Å². The van der Waals surface area contributed by atoms with Crippen LogP contribution in [0.2, 0.25) is 0 Å². The van der Waals surface area contributed by atoms with E-state index in [2.05, 4.69) is 20.3 Å². The third-order valence-corrected chi connectivity index (χ3v) is 4.82. The number of ether oxygens (including phenoxy) is 1. The molecule has 0 bridgehead atoms. The molecule has 3 rings (SSSR count). The fraction of sp³-hybridized carbons (Fsp3) is 0.474. The first-order valence-corrected chi connectivity index (χ1v) is 9.03. The molecule has 2 N–H and O–H groups in total. The Morgan fingerprint density at radius 1 is 1.33 bits per heavy atom. The van der Waals surface area contributed by atoms with Gasteiger partial charge in [-0.3, -0.25) is 4.79 Å². The van der Waals surface area contributed by atoms with Crippen LogP contribution in [-0.4, -0.2) is 69.8 Å². The Kier molecular flexibility index (Phi) is 5.98. The number of aromatic nitrogens is 3. The van der Waals surface area contributed by atoms with Crippen molar-refractivity contribution in [3.63, 3.8) is 0 Å². The number of nitrogens with one attached hydrogen (secondary N) is 1. The van der Waals surface area contributed by atoms with Crippen molar-refractivity contribution >= 4 is 5.91 Å². The maximum Gasteiger partial charge on any atom is 0.259 e. The lowest BCUT2D eigenvalue weighted by molar-refractivity contribution is 0.0404. The Bertz CT molecular complexity index is 786. The van der Waals surface area contributed by atoms with Crippen LogP contribution in [0.5, 0.6) is 5.88 Å². The number of hydrogen-bond donors (Lipinski definition) is 2. The molecule has 8 heteroatoms. The minimum absolute atomic E-state index is 0.0764. The number of pyridine rings is 1. The van der Waals surface area contributed by atoms with Gasteiger partial charge in [-0.05, 0) is 20.0 Å². The summed E-state index contributed by atoms with van der Waals surface area (Å²) in [7, 11) is 1.86. The SMILES string of the molecule is CNC[C@H]1Oc2ncc(-c3cncnc3)cc2C(=O)N([C@@H](C)CO)C[C@H]1C. The van der Waals surface area contributed by atoms with Crippen LogP contribution >= 0.6 is 0 Å². The topological polar surface area (TPSA) is 100 Å². The van der Waals surface area contributed by atoms with E-state index in [0.717, 1.165) is 11.1 Å². The van der Waals surface area contributed by atoms with Crippen molar-refractivity contribution in [3.05, 3.63) is 36.5 Å². The number of carbonyl (C=O) groups is 1. The summed E-state index contributed by atoms with van der Waals surface area (Å²) in [5.74, 6) is 0.183. The van der Waals surface area contributed by atoms with Gasteiger partial charge in [-0.25, -0.2) is 15.0 Å². The second-order valence-electron chi connectivity index (χ2n) is 6.88. The lowest BCUT2D eigenvalue weighted by atomic mass is 10.00. The lowest BCUT2D eigenvalue weighted by Gasteiger charge is -2.36. The van der Waals surface area contributed by atoms with Gasteiger partial charge in [0.1, 0.15) is 18.0 Å². The number of fused-ring (bicyclic) bond motifs is 1. The van der Waals surface area contributed by atoms with E-state index < -0.39 is 0 Å². The molecule has 0 saturated carbocycles. The van der Waals surface area contributed by atoms with Crippen LogP contribution in [0.1, 0.15) is 24.2 Å². The summed E-state index contributed by atoms with van der Waals surface area (Å²) < 4.78 is 6.10. The van der Waals surface area contributed by atoms with Crippen molar-refractivity contribution in [2.45, 2.75) is 26.0 Å². The van der Waals surface area contributed by atoms with Gasteiger partial charge in [-0.2, -0.15) is 0 Å². The Morgan fingerprint density at radius 2 is 2.07 bits per heavy atom. The smallest absolute Gasteiger partial charge is 0.259 e. The molecule has 3 atom stereocenters. The molecule has 0 fully saturated rings. The fourth-order valence-electron chi connectivity index (χ4n) is 3.15. The van der Waals surface area contributed by atoms with Crippen LogP contribution in [0, 0.1) is 5.92 Å². The number of aliphatic hydroxyl groups excluding tert-OH is 1. The summed E-state index contributed by atoms with van der Waals surface area (Å²) in [6.07, 6.45) is 6.31. The van der Waals surface area contributed by atoms with Crippen molar-refractivity contribution in [1.82, 2.24) is 25.2 Å². The molecule has 0 unspecified atom stereocenters. The molecule has 2 aromatic rings. The molecule has 3 heterocycles. The van der Waals surface area contributed by atoms with E-state index in [1.807, 2.05) is 20.9 Å². The highest BCUT2D eigenvalue weighted by Crippen LogP contribution is 2.29. The summed E-state index contributed by atoms with van der Waals surface area (Å²) in [6, 6.07) is 1.46. The van der Waals surface area contributed by atoms with Gasteiger partial charge in [-0.1, -0.05) is 6.92 Å². The van der Waals surface area contributed by atoms with Gasteiger partial charge in [0.15, 0.2) is 0 Å². The molecule has 0 aromatic carbocycles. The van der Waals surface area contributed by atoms with E-state index in [-0.39, 0.29) is 30.6 Å². The van der Waals surface area contributed by atoms with Crippen LogP contribution in [0.25, 0.3) is 11.1 Å². The predicted octanol–water partition coefficient (Wildman–Crippen LogP) is 0.978. The third kappa shape index (κ3) is 4.06. The Hall–Kier alpha value is -2.58. The maximum absolute atomic E-state index is 13.2. The monoisotopic (exact) mass is 371 g/mol. The average Bonchev–Trinajstić information content (AvgIpc) is 2.70. The summed E-state index contributed by atoms with van der Waals surface area (Å²) >= 11 is 0. The van der Waals surface area contributed by atoms with Gasteiger partial charge in [0.25, 0.3) is 5.91 Å². The van der Waals surface area contributed by atoms with Gasteiger partial charge < -0.3 is 20.1 Å². The molecule has 1 amide bonds. The van der Waals surface area contributed by atoms with Gasteiger partial charge in [0, 0.05) is 48.7 Å². The first-order chi connectivity index (χ1) is 13.0. The molecule has 2 aromatic heterocycles. The molecule has 8 nitrogen and oxygen atoms in total.